The van der Waals surface area contributed by atoms with E-state index in [1.807, 2.05) is 6.20 Å². The highest BCUT2D eigenvalue weighted by Gasteiger charge is 2.08. The van der Waals surface area contributed by atoms with Crippen LogP contribution in [0.25, 0.3) is 10.4 Å². The van der Waals surface area contributed by atoms with Crippen molar-refractivity contribution in [2.45, 2.75) is 27.2 Å². The largest absolute Gasteiger partial charge is 0.362 e. The first kappa shape index (κ1) is 12.1. The molecule has 0 aliphatic carbocycles. The topological polar surface area (TPSA) is 24.9 Å². The Balaban J connectivity index is 2.30. The molecule has 0 aliphatic rings. The Bertz CT molecular complexity index is 482. The predicted molar refractivity (Wildman–Crippen MR) is 75.8 cm³/mol. The standard InChI is InChI=1S/C14H18N2S/c1-4-8-15-14-16-9-12(17-14)13-10(2)6-5-7-11(13)3/h5-7,9H,4,8H2,1-3H3,(H,15,16). The van der Waals surface area contributed by atoms with Gasteiger partial charge in [0.2, 0.25) is 0 Å². The Morgan fingerprint density at radius 2 is 1.94 bits per heavy atom. The highest BCUT2D eigenvalue weighted by Crippen LogP contribution is 2.33. The fourth-order valence-electron chi connectivity index (χ4n) is 1.91. The summed E-state index contributed by atoms with van der Waals surface area (Å²) in [6, 6.07) is 6.41. The van der Waals surface area contributed by atoms with Gasteiger partial charge in [-0.3, -0.25) is 0 Å². The molecule has 0 unspecified atom stereocenters. The van der Waals surface area contributed by atoms with Crippen molar-refractivity contribution in [1.82, 2.24) is 4.98 Å². The van der Waals surface area contributed by atoms with Crippen molar-refractivity contribution in [3.05, 3.63) is 35.5 Å². The molecular formula is C14H18N2S. The molecular weight excluding hydrogens is 228 g/mol. The van der Waals surface area contributed by atoms with Gasteiger partial charge in [0.15, 0.2) is 5.13 Å². The van der Waals surface area contributed by atoms with E-state index in [1.165, 1.54) is 21.6 Å². The number of rotatable bonds is 4. The molecule has 0 bridgehead atoms. The molecule has 1 heterocycles. The second-order valence-corrected chi connectivity index (χ2v) is 5.25. The molecule has 3 heteroatoms. The summed E-state index contributed by atoms with van der Waals surface area (Å²) in [6.07, 6.45) is 3.09. The Hall–Kier alpha value is -1.35. The van der Waals surface area contributed by atoms with Crippen molar-refractivity contribution in [3.63, 3.8) is 0 Å². The highest BCUT2D eigenvalue weighted by atomic mass is 32.1. The van der Waals surface area contributed by atoms with Gasteiger partial charge in [-0.25, -0.2) is 4.98 Å². The SMILES string of the molecule is CCCNc1ncc(-c2c(C)cccc2C)s1. The van der Waals surface area contributed by atoms with Gasteiger partial charge >= 0.3 is 0 Å². The highest BCUT2D eigenvalue weighted by molar-refractivity contribution is 7.18. The lowest BCUT2D eigenvalue weighted by molar-refractivity contribution is 0.976. The summed E-state index contributed by atoms with van der Waals surface area (Å²) >= 11 is 1.73. The molecule has 2 rings (SSSR count). The molecule has 0 spiro atoms. The Labute approximate surface area is 107 Å². The summed E-state index contributed by atoms with van der Waals surface area (Å²) in [5.74, 6) is 0. The van der Waals surface area contributed by atoms with E-state index in [2.05, 4.69) is 49.3 Å². The van der Waals surface area contributed by atoms with E-state index < -0.39 is 0 Å². The lowest BCUT2D eigenvalue weighted by Gasteiger charge is -2.06. The monoisotopic (exact) mass is 246 g/mol. The van der Waals surface area contributed by atoms with E-state index in [-0.39, 0.29) is 0 Å². The maximum atomic E-state index is 4.42. The van der Waals surface area contributed by atoms with Crippen molar-refractivity contribution in [2.75, 3.05) is 11.9 Å². The molecule has 0 aliphatic heterocycles. The number of anilines is 1. The van der Waals surface area contributed by atoms with Gasteiger partial charge in [0, 0.05) is 12.7 Å². The molecule has 1 aromatic carbocycles. The van der Waals surface area contributed by atoms with Crippen LogP contribution in [0.1, 0.15) is 24.5 Å². The van der Waals surface area contributed by atoms with Crippen molar-refractivity contribution in [1.29, 1.82) is 0 Å². The molecule has 1 aromatic heterocycles. The second kappa shape index (κ2) is 5.32. The number of benzene rings is 1. The number of nitrogens with one attached hydrogen (secondary N) is 1. The van der Waals surface area contributed by atoms with Gasteiger partial charge in [-0.2, -0.15) is 0 Å². The van der Waals surface area contributed by atoms with E-state index in [4.69, 9.17) is 0 Å². The third-order valence-electron chi connectivity index (χ3n) is 2.76. The van der Waals surface area contributed by atoms with E-state index >= 15 is 0 Å². The molecule has 0 atom stereocenters. The van der Waals surface area contributed by atoms with E-state index in [9.17, 15) is 0 Å². The van der Waals surface area contributed by atoms with Crippen LogP contribution >= 0.6 is 11.3 Å². The number of hydrogen-bond acceptors (Lipinski definition) is 3. The van der Waals surface area contributed by atoms with E-state index in [0.29, 0.717) is 0 Å². The van der Waals surface area contributed by atoms with Crippen LogP contribution in [0, 0.1) is 13.8 Å². The van der Waals surface area contributed by atoms with Crippen molar-refractivity contribution in [3.8, 4) is 10.4 Å². The van der Waals surface area contributed by atoms with Crippen LogP contribution in [0.2, 0.25) is 0 Å². The smallest absolute Gasteiger partial charge is 0.183 e. The van der Waals surface area contributed by atoms with Crippen molar-refractivity contribution in [2.24, 2.45) is 0 Å². The van der Waals surface area contributed by atoms with Crippen LogP contribution in [0.4, 0.5) is 5.13 Å². The van der Waals surface area contributed by atoms with Crippen LogP contribution in [-0.4, -0.2) is 11.5 Å². The number of thiazole rings is 1. The van der Waals surface area contributed by atoms with E-state index in [0.717, 1.165) is 18.1 Å². The summed E-state index contributed by atoms with van der Waals surface area (Å²) in [4.78, 5) is 5.67. The molecule has 1 N–H and O–H groups in total. The number of hydrogen-bond donors (Lipinski definition) is 1. The first-order valence-corrected chi connectivity index (χ1v) is 6.80. The van der Waals surface area contributed by atoms with Gasteiger partial charge < -0.3 is 5.32 Å². The van der Waals surface area contributed by atoms with Gasteiger partial charge in [-0.05, 0) is 37.0 Å². The Morgan fingerprint density at radius 3 is 2.59 bits per heavy atom. The maximum absolute atomic E-state index is 4.42. The van der Waals surface area contributed by atoms with Gasteiger partial charge in [0.05, 0.1) is 4.88 Å². The first-order chi connectivity index (χ1) is 8.22. The quantitative estimate of drug-likeness (QED) is 0.872. The third-order valence-corrected chi connectivity index (χ3v) is 3.73. The minimum absolute atomic E-state index is 0.986. The summed E-state index contributed by atoms with van der Waals surface area (Å²) in [7, 11) is 0. The minimum atomic E-state index is 0.986. The zero-order chi connectivity index (χ0) is 12.3. The minimum Gasteiger partial charge on any atom is -0.362 e. The predicted octanol–water partition coefficient (Wildman–Crippen LogP) is 4.25. The second-order valence-electron chi connectivity index (χ2n) is 4.22. The maximum Gasteiger partial charge on any atom is 0.183 e. The van der Waals surface area contributed by atoms with Gasteiger partial charge in [0.25, 0.3) is 0 Å². The third kappa shape index (κ3) is 2.67. The summed E-state index contributed by atoms with van der Waals surface area (Å²) < 4.78 is 0. The fraction of sp³-hybridized carbons (Fsp3) is 0.357. The average Bonchev–Trinajstić information content (AvgIpc) is 2.75. The average molecular weight is 246 g/mol. The Kier molecular flexibility index (Phi) is 3.79. The first-order valence-electron chi connectivity index (χ1n) is 5.98. The molecule has 0 saturated carbocycles. The van der Waals surface area contributed by atoms with Crippen LogP contribution in [0.5, 0.6) is 0 Å². The van der Waals surface area contributed by atoms with Crippen LogP contribution in [0.15, 0.2) is 24.4 Å². The lowest BCUT2D eigenvalue weighted by Crippen LogP contribution is -1.97. The van der Waals surface area contributed by atoms with Gasteiger partial charge in [-0.1, -0.05) is 36.5 Å². The summed E-state index contributed by atoms with van der Waals surface area (Å²) in [5, 5.41) is 4.35. The van der Waals surface area contributed by atoms with Crippen molar-refractivity contribution >= 4 is 16.5 Å². The molecule has 2 nitrogen and oxygen atoms in total. The van der Waals surface area contributed by atoms with E-state index in [1.54, 1.807) is 11.3 Å². The molecule has 2 aromatic rings. The number of nitrogens with zero attached hydrogens (tertiary/aromatic N) is 1. The Morgan fingerprint density at radius 1 is 1.24 bits per heavy atom. The number of aryl methyl sites for hydroxylation is 2. The zero-order valence-corrected chi connectivity index (χ0v) is 11.4. The summed E-state index contributed by atoms with van der Waals surface area (Å²) in [5.41, 5.74) is 3.96. The normalized spacial score (nSPS) is 10.5. The fourth-order valence-corrected chi connectivity index (χ4v) is 2.92. The molecule has 0 amide bonds. The zero-order valence-electron chi connectivity index (χ0n) is 10.6. The number of aromatic nitrogens is 1. The molecule has 90 valence electrons. The summed E-state index contributed by atoms with van der Waals surface area (Å²) in [6.45, 7) is 7.45. The van der Waals surface area contributed by atoms with Crippen LogP contribution in [0.3, 0.4) is 0 Å². The molecule has 0 radical (unpaired) electrons. The van der Waals surface area contributed by atoms with Crippen LogP contribution < -0.4 is 5.32 Å². The molecule has 0 saturated heterocycles. The van der Waals surface area contributed by atoms with Crippen LogP contribution in [-0.2, 0) is 0 Å². The molecule has 17 heavy (non-hydrogen) atoms. The lowest BCUT2D eigenvalue weighted by atomic mass is 10.0. The van der Waals surface area contributed by atoms with Gasteiger partial charge in [-0.15, -0.1) is 0 Å². The molecule has 0 fully saturated rings. The van der Waals surface area contributed by atoms with Gasteiger partial charge in [0.1, 0.15) is 0 Å². The van der Waals surface area contributed by atoms with Crippen molar-refractivity contribution < 1.29 is 0 Å².